The van der Waals surface area contributed by atoms with Gasteiger partial charge >= 0.3 is 7.12 Å². The summed E-state index contributed by atoms with van der Waals surface area (Å²) in [6.45, 7) is 10.1. The summed E-state index contributed by atoms with van der Waals surface area (Å²) in [5, 5.41) is 18.9. The molecule has 50 heavy (non-hydrogen) atoms. The lowest BCUT2D eigenvalue weighted by Gasteiger charge is -2.28. The first-order chi connectivity index (χ1) is 24.1. The molecule has 0 aliphatic heterocycles. The van der Waals surface area contributed by atoms with E-state index < -0.39 is 12.7 Å². The number of hydrogen-bond donors (Lipinski definition) is 2. The van der Waals surface area contributed by atoms with E-state index in [0.29, 0.717) is 11.2 Å². The lowest BCUT2D eigenvalue weighted by molar-refractivity contribution is 0.0377. The molecule has 252 valence electrons. The summed E-state index contributed by atoms with van der Waals surface area (Å²) in [7, 11) is 1.81. The third-order valence-electron chi connectivity index (χ3n) is 8.64. The maximum atomic E-state index is 9.44. The van der Waals surface area contributed by atoms with Crippen molar-refractivity contribution in [1.82, 2.24) is 8.75 Å². The standard InChI is InChI=1S/C40H38BN3O5S/c1-26(27(2)49-40(3,4)30-10-12-31(13-11-30)41(45)46)25-29-9-24-37(39-38(29)42-50-43-39)28-7-14-32(15-8-28)44(33-16-20-35(47-5)21-17-33)34-18-22-36(48-6)23-19-34/h7-25,45-46H,2H2,1,3-6H3/b26-25+. The highest BCUT2D eigenvalue weighted by Gasteiger charge is 2.25. The Hall–Kier alpha value is -5.42. The molecule has 6 rings (SSSR count). The van der Waals surface area contributed by atoms with Crippen LogP contribution >= 0.6 is 11.7 Å². The van der Waals surface area contributed by atoms with Gasteiger partial charge in [-0.25, -0.2) is 0 Å². The van der Waals surface area contributed by atoms with Crippen molar-refractivity contribution in [3.63, 3.8) is 0 Å². The molecule has 0 radical (unpaired) electrons. The number of hydrogen-bond acceptors (Lipinski definition) is 9. The number of rotatable bonds is 12. The second-order valence-electron chi connectivity index (χ2n) is 12.3. The van der Waals surface area contributed by atoms with E-state index in [2.05, 4.69) is 56.6 Å². The van der Waals surface area contributed by atoms with Crippen LogP contribution in [0, 0.1) is 0 Å². The molecule has 0 bridgehead atoms. The first-order valence-electron chi connectivity index (χ1n) is 16.0. The van der Waals surface area contributed by atoms with Crippen LogP contribution in [-0.2, 0) is 10.3 Å². The van der Waals surface area contributed by atoms with Crippen LogP contribution in [0.3, 0.4) is 0 Å². The maximum absolute atomic E-state index is 9.44. The van der Waals surface area contributed by atoms with Gasteiger partial charge in [0, 0.05) is 28.2 Å². The third-order valence-corrected chi connectivity index (χ3v) is 9.17. The fraction of sp³-hybridized carbons (Fsp3) is 0.150. The molecule has 0 spiro atoms. The lowest BCUT2D eigenvalue weighted by Crippen LogP contribution is -2.30. The highest BCUT2D eigenvalue weighted by atomic mass is 32.1. The quantitative estimate of drug-likeness (QED) is 0.0755. The normalized spacial score (nSPS) is 11.7. The second kappa shape index (κ2) is 14.6. The maximum Gasteiger partial charge on any atom is 0.488 e. The second-order valence-corrected chi connectivity index (χ2v) is 12.8. The molecule has 5 aromatic carbocycles. The Morgan fingerprint density at radius 3 is 1.78 bits per heavy atom. The molecule has 0 saturated heterocycles. The first-order valence-corrected chi connectivity index (χ1v) is 16.8. The van der Waals surface area contributed by atoms with Crippen molar-refractivity contribution >= 4 is 58.5 Å². The van der Waals surface area contributed by atoms with Crippen molar-refractivity contribution in [3.8, 4) is 22.6 Å². The van der Waals surface area contributed by atoms with Gasteiger partial charge in [0.25, 0.3) is 0 Å². The molecule has 0 fully saturated rings. The van der Waals surface area contributed by atoms with Crippen molar-refractivity contribution in [2.24, 2.45) is 0 Å². The highest BCUT2D eigenvalue weighted by molar-refractivity contribution is 7.00. The summed E-state index contributed by atoms with van der Waals surface area (Å²) in [6, 6.07) is 35.5. The predicted molar refractivity (Wildman–Crippen MR) is 204 cm³/mol. The summed E-state index contributed by atoms with van der Waals surface area (Å²) >= 11 is 1.18. The molecule has 1 aromatic heterocycles. The average molecular weight is 684 g/mol. The van der Waals surface area contributed by atoms with Gasteiger partial charge in [0.05, 0.1) is 25.9 Å². The van der Waals surface area contributed by atoms with E-state index in [1.165, 1.54) is 11.7 Å². The summed E-state index contributed by atoms with van der Waals surface area (Å²) in [5.74, 6) is 2.11. The molecule has 6 aromatic rings. The smallest absolute Gasteiger partial charge is 0.488 e. The molecule has 0 saturated carbocycles. The lowest BCUT2D eigenvalue weighted by atomic mass is 9.79. The Morgan fingerprint density at radius 1 is 0.740 bits per heavy atom. The Morgan fingerprint density at radius 2 is 1.26 bits per heavy atom. The van der Waals surface area contributed by atoms with Gasteiger partial charge in [-0.05, 0) is 110 Å². The number of ether oxygens (including phenoxy) is 3. The van der Waals surface area contributed by atoms with Gasteiger partial charge in [-0.2, -0.15) is 8.75 Å². The number of nitrogens with zero attached hydrogens (tertiary/aromatic N) is 3. The van der Waals surface area contributed by atoms with Crippen molar-refractivity contribution < 1.29 is 24.3 Å². The Kier molecular flexibility index (Phi) is 10.1. The number of anilines is 3. The predicted octanol–water partition coefficient (Wildman–Crippen LogP) is 8.39. The molecule has 10 heteroatoms. The zero-order chi connectivity index (χ0) is 35.4. The van der Waals surface area contributed by atoms with Crippen LogP contribution in [0.25, 0.3) is 28.2 Å². The van der Waals surface area contributed by atoms with E-state index in [1.54, 1.807) is 26.4 Å². The van der Waals surface area contributed by atoms with Crippen LogP contribution in [0.2, 0.25) is 0 Å². The van der Waals surface area contributed by atoms with E-state index >= 15 is 0 Å². The van der Waals surface area contributed by atoms with Crippen LogP contribution in [-0.4, -0.2) is 40.1 Å². The van der Waals surface area contributed by atoms with Gasteiger partial charge in [0.2, 0.25) is 0 Å². The highest BCUT2D eigenvalue weighted by Crippen LogP contribution is 2.38. The molecule has 0 amide bonds. The Labute approximate surface area is 297 Å². The van der Waals surface area contributed by atoms with Gasteiger partial charge in [0.1, 0.15) is 33.9 Å². The molecule has 2 N–H and O–H groups in total. The van der Waals surface area contributed by atoms with Crippen LogP contribution in [0.15, 0.2) is 127 Å². The largest absolute Gasteiger partial charge is 0.497 e. The van der Waals surface area contributed by atoms with Crippen LogP contribution in [0.4, 0.5) is 17.1 Å². The van der Waals surface area contributed by atoms with Crippen molar-refractivity contribution in [2.75, 3.05) is 19.1 Å². The molecule has 0 aliphatic carbocycles. The Bertz CT molecular complexity index is 2080. The fourth-order valence-electron chi connectivity index (χ4n) is 5.75. The summed E-state index contributed by atoms with van der Waals surface area (Å²) in [6.07, 6.45) is 2.02. The first kappa shape index (κ1) is 34.4. The van der Waals surface area contributed by atoms with Gasteiger partial charge in [-0.15, -0.1) is 0 Å². The molecule has 8 nitrogen and oxygen atoms in total. The molecule has 0 aliphatic rings. The van der Waals surface area contributed by atoms with E-state index in [4.69, 9.17) is 14.2 Å². The van der Waals surface area contributed by atoms with Crippen LogP contribution in [0.1, 0.15) is 31.9 Å². The van der Waals surface area contributed by atoms with Gasteiger partial charge in [-0.1, -0.05) is 55.1 Å². The summed E-state index contributed by atoms with van der Waals surface area (Å²) in [5.41, 5.74) is 9.00. The van der Waals surface area contributed by atoms with E-state index in [9.17, 15) is 10.0 Å². The van der Waals surface area contributed by atoms with Crippen molar-refractivity contribution in [2.45, 2.75) is 26.4 Å². The Balaban J connectivity index is 1.26. The SMILES string of the molecule is C=C(OC(C)(C)c1ccc(B(O)O)cc1)/C(C)=C/c1ccc(-c2ccc(N(c3ccc(OC)cc3)c3ccc(OC)cc3)cc2)c2nsnc12. The minimum absolute atomic E-state index is 0.420. The minimum Gasteiger partial charge on any atom is -0.497 e. The third kappa shape index (κ3) is 7.28. The number of methoxy groups -OCH3 is 2. The molecular formula is C40H38BN3O5S. The van der Waals surface area contributed by atoms with Crippen molar-refractivity contribution in [1.29, 1.82) is 0 Å². The minimum atomic E-state index is -1.52. The van der Waals surface area contributed by atoms with Gasteiger partial charge in [-0.3, -0.25) is 0 Å². The van der Waals surface area contributed by atoms with E-state index in [-0.39, 0.29) is 0 Å². The molecule has 0 unspecified atom stereocenters. The van der Waals surface area contributed by atoms with Gasteiger partial charge < -0.3 is 29.2 Å². The summed E-state index contributed by atoms with van der Waals surface area (Å²) < 4.78 is 26.5. The molecular weight excluding hydrogens is 645 g/mol. The zero-order valence-corrected chi connectivity index (χ0v) is 29.4. The van der Waals surface area contributed by atoms with Crippen molar-refractivity contribution in [3.05, 3.63) is 138 Å². The molecule has 1 heterocycles. The number of allylic oxidation sites excluding steroid dienone is 1. The summed E-state index contributed by atoms with van der Waals surface area (Å²) in [4.78, 5) is 2.18. The average Bonchev–Trinajstić information content (AvgIpc) is 3.63. The van der Waals surface area contributed by atoms with Crippen LogP contribution < -0.4 is 19.8 Å². The number of fused-ring (bicyclic) bond motifs is 1. The van der Waals surface area contributed by atoms with Crippen LogP contribution in [0.5, 0.6) is 11.5 Å². The van der Waals surface area contributed by atoms with Gasteiger partial charge in [0.15, 0.2) is 0 Å². The van der Waals surface area contributed by atoms with E-state index in [0.717, 1.165) is 67.4 Å². The zero-order valence-electron chi connectivity index (χ0n) is 28.6. The topological polar surface area (TPSA) is 97.2 Å². The number of benzene rings is 5. The molecule has 0 atom stereocenters. The fourth-order valence-corrected chi connectivity index (χ4v) is 6.33. The van der Waals surface area contributed by atoms with E-state index in [1.807, 2.05) is 87.5 Å². The monoisotopic (exact) mass is 683 g/mol. The number of aromatic nitrogens is 2.